The van der Waals surface area contributed by atoms with Gasteiger partial charge < -0.3 is 9.30 Å². The van der Waals surface area contributed by atoms with Crippen molar-refractivity contribution in [3.8, 4) is 11.1 Å². The Bertz CT molecular complexity index is 720. The summed E-state index contributed by atoms with van der Waals surface area (Å²) >= 11 is 0. The number of hydrogen-bond donors (Lipinski definition) is 0. The van der Waals surface area contributed by atoms with E-state index in [0.29, 0.717) is 5.69 Å². The monoisotopic (exact) mass is 344 g/mol. The van der Waals surface area contributed by atoms with Crippen LogP contribution in [0.5, 0.6) is 0 Å². The highest BCUT2D eigenvalue weighted by molar-refractivity contribution is 5.89. The van der Waals surface area contributed by atoms with Crippen molar-refractivity contribution >= 4 is 11.7 Å². The lowest BCUT2D eigenvalue weighted by atomic mass is 10.1. The molecule has 6 nitrogen and oxygen atoms in total. The van der Waals surface area contributed by atoms with Crippen molar-refractivity contribution in [1.82, 2.24) is 4.57 Å². The van der Waals surface area contributed by atoms with Crippen LogP contribution in [0, 0.1) is 10.1 Å². The molecule has 25 heavy (non-hydrogen) atoms. The minimum atomic E-state index is -0.425. The van der Waals surface area contributed by atoms with E-state index < -0.39 is 4.92 Å². The first-order chi connectivity index (χ1) is 12.1. The summed E-state index contributed by atoms with van der Waals surface area (Å²) < 4.78 is 6.78. The molecule has 0 atom stereocenters. The minimum absolute atomic E-state index is 0.0484. The van der Waals surface area contributed by atoms with Gasteiger partial charge in [-0.2, -0.15) is 0 Å². The fourth-order valence-electron chi connectivity index (χ4n) is 2.79. The Labute approximate surface area is 147 Å². The number of nitro groups is 1. The van der Waals surface area contributed by atoms with Crippen LogP contribution in [-0.4, -0.2) is 22.6 Å². The number of aryl methyl sites for hydroxylation is 1. The van der Waals surface area contributed by atoms with Gasteiger partial charge in [0.2, 0.25) is 0 Å². The molecule has 1 aromatic heterocycles. The zero-order valence-corrected chi connectivity index (χ0v) is 14.7. The van der Waals surface area contributed by atoms with E-state index >= 15 is 0 Å². The number of carbonyl (C=O) groups is 1. The van der Waals surface area contributed by atoms with E-state index in [0.717, 1.165) is 30.5 Å². The lowest BCUT2D eigenvalue weighted by Gasteiger charge is -2.07. The molecule has 0 aliphatic carbocycles. The van der Waals surface area contributed by atoms with Crippen molar-refractivity contribution in [3.05, 3.63) is 52.3 Å². The molecule has 0 unspecified atom stereocenters. The number of methoxy groups -OCH3 is 1. The van der Waals surface area contributed by atoms with Crippen molar-refractivity contribution in [2.75, 3.05) is 7.11 Å². The Morgan fingerprint density at radius 2 is 1.80 bits per heavy atom. The molecule has 0 N–H and O–H groups in total. The van der Waals surface area contributed by atoms with E-state index in [1.165, 1.54) is 38.5 Å². The van der Waals surface area contributed by atoms with Crippen molar-refractivity contribution in [3.63, 3.8) is 0 Å². The Morgan fingerprint density at radius 3 is 2.40 bits per heavy atom. The third kappa shape index (κ3) is 4.92. The number of rotatable bonds is 9. The van der Waals surface area contributed by atoms with Crippen molar-refractivity contribution < 1.29 is 14.5 Å². The Hall–Kier alpha value is -2.63. The number of ether oxygens (including phenoxy) is 1. The molecule has 1 aromatic carbocycles. The summed E-state index contributed by atoms with van der Waals surface area (Å²) in [7, 11) is 1.37. The first-order valence-corrected chi connectivity index (χ1v) is 8.60. The highest BCUT2D eigenvalue weighted by Gasteiger charge is 2.15. The smallest absolute Gasteiger partial charge is 0.354 e. The first-order valence-electron chi connectivity index (χ1n) is 8.60. The van der Waals surface area contributed by atoms with E-state index in [2.05, 4.69) is 6.92 Å². The van der Waals surface area contributed by atoms with Gasteiger partial charge in [0.1, 0.15) is 5.69 Å². The molecule has 0 aliphatic heterocycles. The number of aromatic nitrogens is 1. The molecule has 0 amide bonds. The number of nitro benzene ring substituents is 1. The molecule has 0 spiro atoms. The molecular weight excluding hydrogens is 320 g/mol. The van der Waals surface area contributed by atoms with Crippen molar-refractivity contribution in [2.24, 2.45) is 0 Å². The molecular formula is C19H24N2O4. The molecule has 6 heteroatoms. The van der Waals surface area contributed by atoms with Crippen LogP contribution in [0.2, 0.25) is 0 Å². The molecule has 0 saturated carbocycles. The van der Waals surface area contributed by atoms with Gasteiger partial charge in [-0.15, -0.1) is 0 Å². The van der Waals surface area contributed by atoms with E-state index in [9.17, 15) is 14.9 Å². The quantitative estimate of drug-likeness (QED) is 0.283. The van der Waals surface area contributed by atoms with Crippen LogP contribution in [0.4, 0.5) is 5.69 Å². The number of carbonyl (C=O) groups excluding carboxylic acids is 1. The molecule has 0 radical (unpaired) electrons. The van der Waals surface area contributed by atoms with Gasteiger partial charge in [-0.25, -0.2) is 4.79 Å². The predicted molar refractivity (Wildman–Crippen MR) is 96.6 cm³/mol. The van der Waals surface area contributed by atoms with Crippen LogP contribution < -0.4 is 0 Å². The lowest BCUT2D eigenvalue weighted by Crippen LogP contribution is -2.10. The number of nitrogens with zero attached hydrogens (tertiary/aromatic N) is 2. The maximum Gasteiger partial charge on any atom is 0.354 e. The minimum Gasteiger partial charge on any atom is -0.464 e. The number of non-ortho nitro benzene ring substituents is 1. The van der Waals surface area contributed by atoms with Crippen LogP contribution in [0.3, 0.4) is 0 Å². The number of hydrogen-bond acceptors (Lipinski definition) is 4. The van der Waals surface area contributed by atoms with Gasteiger partial charge in [-0.05, 0) is 30.2 Å². The van der Waals surface area contributed by atoms with E-state index in [1.807, 2.05) is 10.8 Å². The maximum atomic E-state index is 12.0. The molecule has 2 rings (SSSR count). The SMILES string of the molecule is CCCCCCCn1cc(-c2ccc([N+](=O)[O-])cc2)cc1C(=O)OC. The van der Waals surface area contributed by atoms with Crippen LogP contribution in [-0.2, 0) is 11.3 Å². The number of benzene rings is 1. The Morgan fingerprint density at radius 1 is 1.12 bits per heavy atom. The van der Waals surface area contributed by atoms with Gasteiger partial charge in [-0.1, -0.05) is 32.6 Å². The summed E-state index contributed by atoms with van der Waals surface area (Å²) in [5.74, 6) is -0.373. The molecule has 0 bridgehead atoms. The molecule has 134 valence electrons. The summed E-state index contributed by atoms with van der Waals surface area (Å²) in [6, 6.07) is 8.10. The summed E-state index contributed by atoms with van der Waals surface area (Å²) in [6.45, 7) is 2.93. The van der Waals surface area contributed by atoms with Gasteiger partial charge in [0.05, 0.1) is 12.0 Å². The Kier molecular flexibility index (Phi) is 6.74. The fraction of sp³-hybridized carbons (Fsp3) is 0.421. The maximum absolute atomic E-state index is 12.0. The normalized spacial score (nSPS) is 10.6. The van der Waals surface area contributed by atoms with Gasteiger partial charge in [-0.3, -0.25) is 10.1 Å². The topological polar surface area (TPSA) is 74.4 Å². The van der Waals surface area contributed by atoms with Gasteiger partial charge in [0.15, 0.2) is 0 Å². The predicted octanol–water partition coefficient (Wildman–Crippen LogP) is 4.82. The highest BCUT2D eigenvalue weighted by atomic mass is 16.6. The first kappa shape index (κ1) is 18.7. The second-order valence-electron chi connectivity index (χ2n) is 6.02. The van der Waals surface area contributed by atoms with Gasteiger partial charge in [0.25, 0.3) is 5.69 Å². The molecule has 0 saturated heterocycles. The molecule has 1 heterocycles. The fourth-order valence-corrected chi connectivity index (χ4v) is 2.79. The zero-order chi connectivity index (χ0) is 18.2. The average Bonchev–Trinajstić information content (AvgIpc) is 3.05. The van der Waals surface area contributed by atoms with Crippen molar-refractivity contribution in [2.45, 2.75) is 45.6 Å². The second-order valence-corrected chi connectivity index (χ2v) is 6.02. The van der Waals surface area contributed by atoms with Crippen LogP contribution >= 0.6 is 0 Å². The molecule has 0 aliphatic rings. The highest BCUT2D eigenvalue weighted by Crippen LogP contribution is 2.25. The van der Waals surface area contributed by atoms with Crippen LogP contribution in [0.25, 0.3) is 11.1 Å². The second kappa shape index (κ2) is 9.01. The van der Waals surface area contributed by atoms with E-state index in [4.69, 9.17) is 4.74 Å². The van der Waals surface area contributed by atoms with Gasteiger partial charge in [0, 0.05) is 30.4 Å². The summed E-state index contributed by atoms with van der Waals surface area (Å²) in [4.78, 5) is 22.4. The summed E-state index contributed by atoms with van der Waals surface area (Å²) in [5, 5.41) is 10.8. The Balaban J connectivity index is 2.18. The summed E-state index contributed by atoms with van der Waals surface area (Å²) in [6.07, 6.45) is 7.65. The number of unbranched alkanes of at least 4 members (excludes halogenated alkanes) is 4. The zero-order valence-electron chi connectivity index (χ0n) is 14.7. The van der Waals surface area contributed by atoms with Crippen LogP contribution in [0.1, 0.15) is 49.5 Å². The molecule has 0 fully saturated rings. The summed E-state index contributed by atoms with van der Waals surface area (Å²) in [5.41, 5.74) is 2.24. The van der Waals surface area contributed by atoms with E-state index in [-0.39, 0.29) is 11.7 Å². The largest absolute Gasteiger partial charge is 0.464 e. The standard InChI is InChI=1S/C19H24N2O4/c1-3-4-5-6-7-12-20-14-16(13-18(20)19(22)25-2)15-8-10-17(11-9-15)21(23)24/h8-11,13-14H,3-7,12H2,1-2H3. The third-order valence-electron chi connectivity index (χ3n) is 4.21. The van der Waals surface area contributed by atoms with Gasteiger partial charge >= 0.3 is 5.97 Å². The lowest BCUT2D eigenvalue weighted by molar-refractivity contribution is -0.384. The van der Waals surface area contributed by atoms with Crippen LogP contribution in [0.15, 0.2) is 36.5 Å². The van der Waals surface area contributed by atoms with E-state index in [1.54, 1.807) is 18.2 Å². The number of esters is 1. The third-order valence-corrected chi connectivity index (χ3v) is 4.21. The van der Waals surface area contributed by atoms with Crippen molar-refractivity contribution in [1.29, 1.82) is 0 Å². The average molecular weight is 344 g/mol. The molecule has 2 aromatic rings.